The van der Waals surface area contributed by atoms with Crippen LogP contribution in [-0.2, 0) is 14.3 Å². The Morgan fingerprint density at radius 3 is 2.78 bits per heavy atom. The molecular formula is C11H13NO4S2. The molecule has 0 saturated carbocycles. The number of ether oxygens (including phenoxy) is 1. The highest BCUT2D eigenvalue weighted by Gasteiger charge is 2.16. The maximum atomic E-state index is 11.5. The molecule has 1 heterocycles. The summed E-state index contributed by atoms with van der Waals surface area (Å²) in [4.78, 5) is 33.8. The molecule has 0 radical (unpaired) electrons. The van der Waals surface area contributed by atoms with E-state index >= 15 is 0 Å². The van der Waals surface area contributed by atoms with Crippen LogP contribution in [0.4, 0.5) is 5.00 Å². The van der Waals surface area contributed by atoms with Gasteiger partial charge in [0.25, 0.3) is 0 Å². The fraction of sp³-hybridized carbons (Fsp3) is 0.364. The predicted octanol–water partition coefficient (Wildman–Crippen LogP) is 2.14. The first kappa shape index (κ1) is 14.7. The molecule has 1 amide bonds. The minimum Gasteiger partial charge on any atom is -0.462 e. The van der Waals surface area contributed by atoms with Crippen molar-refractivity contribution in [2.45, 2.75) is 13.8 Å². The van der Waals surface area contributed by atoms with E-state index in [0.29, 0.717) is 10.6 Å². The van der Waals surface area contributed by atoms with E-state index < -0.39 is 5.97 Å². The van der Waals surface area contributed by atoms with Crippen LogP contribution in [0.25, 0.3) is 0 Å². The van der Waals surface area contributed by atoms with E-state index in [2.05, 4.69) is 5.32 Å². The number of thioether (sulfide) groups is 1. The normalized spacial score (nSPS) is 9.89. The monoisotopic (exact) mass is 287 g/mol. The summed E-state index contributed by atoms with van der Waals surface area (Å²) in [5, 5.41) is 4.61. The van der Waals surface area contributed by atoms with Crippen molar-refractivity contribution in [3.05, 3.63) is 17.0 Å². The molecule has 0 aliphatic heterocycles. The Hall–Kier alpha value is -1.34. The van der Waals surface area contributed by atoms with Crippen LogP contribution in [0.5, 0.6) is 0 Å². The molecule has 0 bridgehead atoms. The number of amides is 1. The van der Waals surface area contributed by atoms with Gasteiger partial charge in [-0.3, -0.25) is 9.59 Å². The van der Waals surface area contributed by atoms with E-state index in [9.17, 15) is 14.4 Å². The number of rotatable bonds is 5. The van der Waals surface area contributed by atoms with Crippen molar-refractivity contribution in [2.24, 2.45) is 0 Å². The van der Waals surface area contributed by atoms with Crippen LogP contribution < -0.4 is 5.32 Å². The van der Waals surface area contributed by atoms with Gasteiger partial charge in [-0.1, -0.05) is 11.8 Å². The number of anilines is 1. The van der Waals surface area contributed by atoms with Crippen molar-refractivity contribution >= 4 is 45.1 Å². The van der Waals surface area contributed by atoms with Gasteiger partial charge in [0.15, 0.2) is 5.12 Å². The lowest BCUT2D eigenvalue weighted by Gasteiger charge is -2.05. The fourth-order valence-corrected chi connectivity index (χ4v) is 2.30. The van der Waals surface area contributed by atoms with Crippen LogP contribution in [0.1, 0.15) is 24.2 Å². The molecule has 0 aliphatic carbocycles. The Bertz CT molecular complexity index is 456. The fourth-order valence-electron chi connectivity index (χ4n) is 1.11. The zero-order chi connectivity index (χ0) is 13.5. The van der Waals surface area contributed by atoms with Crippen molar-refractivity contribution in [1.82, 2.24) is 0 Å². The van der Waals surface area contributed by atoms with Gasteiger partial charge >= 0.3 is 5.97 Å². The van der Waals surface area contributed by atoms with Gasteiger partial charge in [-0.25, -0.2) is 4.79 Å². The maximum absolute atomic E-state index is 11.5. The molecule has 0 aliphatic rings. The number of nitrogens with one attached hydrogen (secondary N) is 1. The maximum Gasteiger partial charge on any atom is 0.341 e. The zero-order valence-electron chi connectivity index (χ0n) is 10.0. The summed E-state index contributed by atoms with van der Waals surface area (Å²) in [5.74, 6) is -0.744. The standard InChI is InChI=1S/C11H13NO4S2/c1-3-16-11(15)8-4-5-17-10(8)12-9(14)6-18-7(2)13/h4-5H,3,6H2,1-2H3,(H,12,14). The van der Waals surface area contributed by atoms with Crippen molar-refractivity contribution in [1.29, 1.82) is 0 Å². The highest BCUT2D eigenvalue weighted by molar-refractivity contribution is 8.14. The van der Waals surface area contributed by atoms with Gasteiger partial charge in [-0.05, 0) is 18.4 Å². The van der Waals surface area contributed by atoms with Gasteiger partial charge in [-0.2, -0.15) is 0 Å². The van der Waals surface area contributed by atoms with E-state index in [1.165, 1.54) is 18.3 Å². The SMILES string of the molecule is CCOC(=O)c1ccsc1NC(=O)CSC(C)=O. The van der Waals surface area contributed by atoms with Crippen LogP contribution in [0.2, 0.25) is 0 Å². The van der Waals surface area contributed by atoms with Crippen molar-refractivity contribution in [2.75, 3.05) is 17.7 Å². The molecule has 7 heteroatoms. The molecule has 0 fully saturated rings. The molecule has 0 atom stereocenters. The topological polar surface area (TPSA) is 72.5 Å². The second-order valence-corrected chi connectivity index (χ2v) is 5.28. The lowest BCUT2D eigenvalue weighted by Crippen LogP contribution is -2.16. The largest absolute Gasteiger partial charge is 0.462 e. The predicted molar refractivity (Wildman–Crippen MR) is 72.0 cm³/mol. The molecule has 1 aromatic rings. The first-order valence-electron chi connectivity index (χ1n) is 5.22. The highest BCUT2D eigenvalue weighted by Crippen LogP contribution is 2.24. The van der Waals surface area contributed by atoms with Crippen molar-refractivity contribution in [3.63, 3.8) is 0 Å². The Labute approximate surface area is 113 Å². The van der Waals surface area contributed by atoms with E-state index in [-0.39, 0.29) is 23.4 Å². The molecule has 0 saturated heterocycles. The minimum atomic E-state index is -0.465. The summed E-state index contributed by atoms with van der Waals surface area (Å²) >= 11 is 2.16. The van der Waals surface area contributed by atoms with Gasteiger partial charge < -0.3 is 10.1 Å². The number of thiophene rings is 1. The van der Waals surface area contributed by atoms with E-state index in [1.807, 2.05) is 0 Å². The molecule has 18 heavy (non-hydrogen) atoms. The van der Waals surface area contributed by atoms with Gasteiger partial charge in [-0.15, -0.1) is 11.3 Å². The Balaban J connectivity index is 2.62. The van der Waals surface area contributed by atoms with E-state index in [4.69, 9.17) is 4.74 Å². The first-order valence-corrected chi connectivity index (χ1v) is 7.09. The quantitative estimate of drug-likeness (QED) is 0.840. The second kappa shape index (κ2) is 7.17. The minimum absolute atomic E-state index is 0.0372. The third kappa shape index (κ3) is 4.50. The van der Waals surface area contributed by atoms with Gasteiger partial charge in [0.2, 0.25) is 5.91 Å². The molecule has 0 aromatic carbocycles. The van der Waals surface area contributed by atoms with Crippen LogP contribution >= 0.6 is 23.1 Å². The lowest BCUT2D eigenvalue weighted by atomic mass is 10.3. The third-order valence-corrected chi connectivity index (χ3v) is 3.46. The van der Waals surface area contributed by atoms with E-state index in [0.717, 1.165) is 11.8 Å². The Morgan fingerprint density at radius 2 is 2.17 bits per heavy atom. The van der Waals surface area contributed by atoms with Crippen LogP contribution in [0.15, 0.2) is 11.4 Å². The molecule has 0 spiro atoms. The van der Waals surface area contributed by atoms with Gasteiger partial charge in [0.1, 0.15) is 5.00 Å². The number of hydrogen-bond acceptors (Lipinski definition) is 6. The average molecular weight is 287 g/mol. The summed E-state index contributed by atoms with van der Waals surface area (Å²) in [6, 6.07) is 1.59. The van der Waals surface area contributed by atoms with Gasteiger partial charge in [0, 0.05) is 6.92 Å². The summed E-state index contributed by atoms with van der Waals surface area (Å²) in [6.07, 6.45) is 0. The molecular weight excluding hydrogens is 274 g/mol. The van der Waals surface area contributed by atoms with Gasteiger partial charge in [0.05, 0.1) is 17.9 Å². The number of hydrogen-bond donors (Lipinski definition) is 1. The summed E-state index contributed by atoms with van der Waals surface area (Å²) in [5.41, 5.74) is 0.336. The van der Waals surface area contributed by atoms with Crippen molar-refractivity contribution < 1.29 is 19.1 Å². The lowest BCUT2D eigenvalue weighted by molar-refractivity contribution is -0.114. The first-order chi connectivity index (χ1) is 8.54. The molecule has 1 rings (SSSR count). The Kier molecular flexibility index (Phi) is 5.87. The molecule has 5 nitrogen and oxygen atoms in total. The highest BCUT2D eigenvalue weighted by atomic mass is 32.2. The van der Waals surface area contributed by atoms with Crippen LogP contribution in [-0.4, -0.2) is 29.4 Å². The van der Waals surface area contributed by atoms with Crippen LogP contribution in [0, 0.1) is 0 Å². The molecule has 98 valence electrons. The second-order valence-electron chi connectivity index (χ2n) is 3.21. The zero-order valence-corrected chi connectivity index (χ0v) is 11.7. The summed E-state index contributed by atoms with van der Waals surface area (Å²) in [6.45, 7) is 3.39. The smallest absolute Gasteiger partial charge is 0.341 e. The summed E-state index contributed by atoms with van der Waals surface area (Å²) < 4.78 is 4.86. The van der Waals surface area contributed by atoms with E-state index in [1.54, 1.807) is 18.4 Å². The number of esters is 1. The molecule has 1 N–H and O–H groups in total. The number of carbonyl (C=O) groups is 3. The number of carbonyl (C=O) groups excluding carboxylic acids is 3. The average Bonchev–Trinajstić information content (AvgIpc) is 2.75. The van der Waals surface area contributed by atoms with Crippen molar-refractivity contribution in [3.8, 4) is 0 Å². The molecule has 0 unspecified atom stereocenters. The molecule has 1 aromatic heterocycles. The summed E-state index contributed by atoms with van der Waals surface area (Å²) in [7, 11) is 0. The third-order valence-electron chi connectivity index (χ3n) is 1.82. The van der Waals surface area contributed by atoms with Crippen LogP contribution in [0.3, 0.4) is 0 Å². The Morgan fingerprint density at radius 1 is 1.44 bits per heavy atom.